The van der Waals surface area contributed by atoms with Crippen molar-refractivity contribution in [3.8, 4) is 5.75 Å². The Hall–Kier alpha value is -2.08. The number of hydrogen-bond donors (Lipinski definition) is 2. The van der Waals surface area contributed by atoms with Gasteiger partial charge in [-0.2, -0.15) is 0 Å². The van der Waals surface area contributed by atoms with E-state index in [2.05, 4.69) is 10.6 Å². The van der Waals surface area contributed by atoms with Crippen molar-refractivity contribution < 1.29 is 14.3 Å². The van der Waals surface area contributed by atoms with Crippen LogP contribution in [0.5, 0.6) is 5.75 Å². The summed E-state index contributed by atoms with van der Waals surface area (Å²) in [5, 5.41) is 6.35. The summed E-state index contributed by atoms with van der Waals surface area (Å²) in [6.07, 6.45) is 3.20. The van der Waals surface area contributed by atoms with E-state index >= 15 is 0 Å². The molecule has 0 bridgehead atoms. The van der Waals surface area contributed by atoms with Crippen molar-refractivity contribution in [1.82, 2.24) is 10.2 Å². The van der Waals surface area contributed by atoms with Crippen LogP contribution in [0.3, 0.4) is 0 Å². The Balaban J connectivity index is 1.49. The van der Waals surface area contributed by atoms with Gasteiger partial charge in [0.2, 0.25) is 5.91 Å². The summed E-state index contributed by atoms with van der Waals surface area (Å²) in [6.45, 7) is 2.04. The van der Waals surface area contributed by atoms with Crippen molar-refractivity contribution in [3.05, 3.63) is 24.3 Å². The van der Waals surface area contributed by atoms with E-state index in [1.165, 1.54) is 4.90 Å². The molecule has 1 unspecified atom stereocenters. The van der Waals surface area contributed by atoms with Crippen LogP contribution in [0.1, 0.15) is 19.3 Å². The zero-order valence-electron chi connectivity index (χ0n) is 14.3. The number of piperidine rings is 1. The summed E-state index contributed by atoms with van der Waals surface area (Å²) in [5.41, 5.74) is 1.01. The summed E-state index contributed by atoms with van der Waals surface area (Å²) >= 11 is 0. The van der Waals surface area contributed by atoms with E-state index < -0.39 is 0 Å². The molecular weight excluding hydrogens is 306 g/mol. The highest BCUT2D eigenvalue weighted by atomic mass is 16.5. The van der Waals surface area contributed by atoms with Crippen molar-refractivity contribution in [3.63, 3.8) is 0 Å². The van der Waals surface area contributed by atoms with Crippen LogP contribution in [0.4, 0.5) is 5.69 Å². The molecule has 0 aromatic heterocycles. The monoisotopic (exact) mass is 331 g/mol. The highest BCUT2D eigenvalue weighted by Crippen LogP contribution is 2.58. The third-order valence-electron chi connectivity index (χ3n) is 5.09. The number of likely N-dealkylation sites (N-methyl/N-ethyl adjacent to an activating group) is 1. The highest BCUT2D eigenvalue weighted by Gasteiger charge is 2.57. The summed E-state index contributed by atoms with van der Waals surface area (Å²) in [4.78, 5) is 25.4. The van der Waals surface area contributed by atoms with Crippen LogP contribution < -0.4 is 15.4 Å². The lowest BCUT2D eigenvalue weighted by molar-refractivity contribution is -0.130. The van der Waals surface area contributed by atoms with E-state index in [1.54, 1.807) is 26.2 Å². The maximum atomic E-state index is 12.4. The second-order valence-corrected chi connectivity index (χ2v) is 6.96. The molecule has 1 saturated carbocycles. The number of ether oxygens (including phenoxy) is 1. The SMILES string of the molecule is CN(C)C(=O)COc1ccc(NC(=O)C2CC23CCNCC3)cc1. The predicted molar refractivity (Wildman–Crippen MR) is 91.9 cm³/mol. The van der Waals surface area contributed by atoms with Crippen LogP contribution in [-0.2, 0) is 9.59 Å². The van der Waals surface area contributed by atoms with Gasteiger partial charge in [0.05, 0.1) is 0 Å². The first kappa shape index (κ1) is 16.8. The maximum absolute atomic E-state index is 12.4. The number of amides is 2. The molecule has 0 radical (unpaired) electrons. The molecule has 6 nitrogen and oxygen atoms in total. The molecule has 1 atom stereocenters. The van der Waals surface area contributed by atoms with Crippen LogP contribution >= 0.6 is 0 Å². The minimum atomic E-state index is -0.0895. The second-order valence-electron chi connectivity index (χ2n) is 6.96. The smallest absolute Gasteiger partial charge is 0.259 e. The number of carbonyl (C=O) groups is 2. The third kappa shape index (κ3) is 3.70. The number of nitrogens with zero attached hydrogens (tertiary/aromatic N) is 1. The van der Waals surface area contributed by atoms with Gasteiger partial charge in [0.1, 0.15) is 5.75 Å². The molecule has 1 aromatic carbocycles. The van der Waals surface area contributed by atoms with Gasteiger partial charge in [-0.05, 0) is 62.0 Å². The minimum absolute atomic E-state index is 0.0112. The van der Waals surface area contributed by atoms with E-state index in [1.807, 2.05) is 12.1 Å². The van der Waals surface area contributed by atoms with E-state index in [4.69, 9.17) is 4.74 Å². The number of anilines is 1. The second kappa shape index (κ2) is 6.81. The molecule has 24 heavy (non-hydrogen) atoms. The average molecular weight is 331 g/mol. The topological polar surface area (TPSA) is 70.7 Å². The van der Waals surface area contributed by atoms with Gasteiger partial charge in [-0.1, -0.05) is 0 Å². The van der Waals surface area contributed by atoms with Gasteiger partial charge >= 0.3 is 0 Å². The Labute approximate surface area is 142 Å². The van der Waals surface area contributed by atoms with Gasteiger partial charge in [-0.3, -0.25) is 9.59 Å². The Morgan fingerprint density at radius 3 is 2.54 bits per heavy atom. The van der Waals surface area contributed by atoms with Gasteiger partial charge in [-0.25, -0.2) is 0 Å². The normalized spacial score (nSPS) is 21.2. The zero-order valence-corrected chi connectivity index (χ0v) is 14.3. The number of carbonyl (C=O) groups excluding carboxylic acids is 2. The van der Waals surface area contributed by atoms with Crippen LogP contribution in [0.15, 0.2) is 24.3 Å². The molecular formula is C18H25N3O3. The van der Waals surface area contributed by atoms with E-state index in [0.717, 1.165) is 38.0 Å². The molecule has 3 rings (SSSR count). The van der Waals surface area contributed by atoms with Crippen LogP contribution in [0.2, 0.25) is 0 Å². The molecule has 130 valence electrons. The quantitative estimate of drug-likeness (QED) is 0.857. The fourth-order valence-electron chi connectivity index (χ4n) is 3.33. The first-order chi connectivity index (χ1) is 11.5. The Morgan fingerprint density at radius 1 is 1.25 bits per heavy atom. The largest absolute Gasteiger partial charge is 0.484 e. The number of nitrogens with one attached hydrogen (secondary N) is 2. The standard InChI is InChI=1S/C18H25N3O3/c1-21(2)16(22)12-24-14-5-3-13(4-6-14)20-17(23)15-11-18(15)7-9-19-10-8-18/h3-6,15,19H,7-12H2,1-2H3,(H,20,23). The molecule has 1 aliphatic carbocycles. The van der Waals surface area contributed by atoms with Crippen molar-refractivity contribution in [1.29, 1.82) is 0 Å². The molecule has 1 saturated heterocycles. The first-order valence-electron chi connectivity index (χ1n) is 8.45. The predicted octanol–water partition coefficient (Wildman–Crippen LogP) is 1.48. The van der Waals surface area contributed by atoms with Crippen LogP contribution in [0.25, 0.3) is 0 Å². The molecule has 2 fully saturated rings. The molecule has 2 amide bonds. The van der Waals surface area contributed by atoms with Crippen molar-refractivity contribution in [2.75, 3.05) is 39.1 Å². The Morgan fingerprint density at radius 2 is 1.92 bits per heavy atom. The van der Waals surface area contributed by atoms with Gasteiger partial charge < -0.3 is 20.3 Å². The van der Waals surface area contributed by atoms with E-state index in [0.29, 0.717) is 5.75 Å². The lowest BCUT2D eigenvalue weighted by Crippen LogP contribution is -2.31. The van der Waals surface area contributed by atoms with Crippen molar-refractivity contribution in [2.24, 2.45) is 11.3 Å². The molecule has 6 heteroatoms. The zero-order chi connectivity index (χ0) is 17.2. The minimum Gasteiger partial charge on any atom is -0.484 e. The Bertz CT molecular complexity index is 606. The maximum Gasteiger partial charge on any atom is 0.259 e. The average Bonchev–Trinajstić information content (AvgIpc) is 3.27. The fourth-order valence-corrected chi connectivity index (χ4v) is 3.33. The van der Waals surface area contributed by atoms with Crippen molar-refractivity contribution in [2.45, 2.75) is 19.3 Å². The summed E-state index contributed by atoms with van der Waals surface area (Å²) < 4.78 is 5.43. The summed E-state index contributed by atoms with van der Waals surface area (Å²) in [6, 6.07) is 7.16. The van der Waals surface area contributed by atoms with Gasteiger partial charge in [0.25, 0.3) is 5.91 Å². The van der Waals surface area contributed by atoms with Crippen LogP contribution in [0, 0.1) is 11.3 Å². The number of benzene rings is 1. The van der Waals surface area contributed by atoms with Crippen molar-refractivity contribution >= 4 is 17.5 Å². The molecule has 1 heterocycles. The van der Waals surface area contributed by atoms with Crippen LogP contribution in [-0.4, -0.2) is 50.5 Å². The summed E-state index contributed by atoms with van der Waals surface area (Å²) in [7, 11) is 3.38. The molecule has 1 aromatic rings. The Kier molecular flexibility index (Phi) is 4.76. The lowest BCUT2D eigenvalue weighted by atomic mass is 9.92. The van der Waals surface area contributed by atoms with Gasteiger partial charge in [0.15, 0.2) is 6.61 Å². The van der Waals surface area contributed by atoms with Gasteiger partial charge in [-0.15, -0.1) is 0 Å². The first-order valence-corrected chi connectivity index (χ1v) is 8.45. The highest BCUT2D eigenvalue weighted by molar-refractivity contribution is 5.95. The molecule has 1 aliphatic heterocycles. The van der Waals surface area contributed by atoms with E-state index in [9.17, 15) is 9.59 Å². The fraction of sp³-hybridized carbons (Fsp3) is 0.556. The van der Waals surface area contributed by atoms with Gasteiger partial charge in [0, 0.05) is 25.7 Å². The third-order valence-corrected chi connectivity index (χ3v) is 5.09. The molecule has 2 N–H and O–H groups in total. The number of hydrogen-bond acceptors (Lipinski definition) is 4. The summed E-state index contributed by atoms with van der Waals surface area (Å²) in [5.74, 6) is 0.791. The number of rotatable bonds is 5. The lowest BCUT2D eigenvalue weighted by Gasteiger charge is -2.23. The van der Waals surface area contributed by atoms with E-state index in [-0.39, 0.29) is 29.8 Å². The molecule has 2 aliphatic rings. The molecule has 1 spiro atoms.